The van der Waals surface area contributed by atoms with E-state index in [0.29, 0.717) is 11.4 Å². The van der Waals surface area contributed by atoms with Gasteiger partial charge in [0, 0.05) is 30.2 Å². The van der Waals surface area contributed by atoms with E-state index in [1.54, 1.807) is 36.5 Å². The molecule has 2 N–H and O–H groups in total. The van der Waals surface area contributed by atoms with Crippen molar-refractivity contribution < 1.29 is 14.4 Å². The topological polar surface area (TPSA) is 123 Å². The number of aryl methyl sites for hydroxylation is 2. The Morgan fingerprint density at radius 3 is 1.81 bits per heavy atom. The lowest BCUT2D eigenvalue weighted by Gasteiger charge is -2.09. The van der Waals surface area contributed by atoms with Gasteiger partial charge in [0.2, 0.25) is 0 Å². The van der Waals surface area contributed by atoms with Gasteiger partial charge in [0.25, 0.3) is 5.69 Å². The molecule has 10 nitrogen and oxygen atoms in total. The molecule has 0 spiro atoms. The summed E-state index contributed by atoms with van der Waals surface area (Å²) in [6, 6.07) is 10.0. The number of non-ortho nitro benzene ring substituents is 1. The molecule has 0 fully saturated rings. The molecule has 4 aromatic rings. The van der Waals surface area contributed by atoms with Crippen LogP contribution in [0.2, 0.25) is 0 Å². The summed E-state index contributed by atoms with van der Waals surface area (Å²) in [6.45, 7) is 3.81. The standard InChI is InChI=1S/C11H11N3O3.C11H13N3O/c1-8-6-13(7-12-8)10-4-3-9(14(15)16)5-11(10)17-2;1-8-6-14(7-13-8)10-4-3-9(12)5-11(10)15-2/h3-7H,1-2H3;3-7H,12H2,1-2H3. The smallest absolute Gasteiger partial charge is 0.273 e. The molecule has 0 bridgehead atoms. The van der Waals surface area contributed by atoms with Crippen LogP contribution in [0.15, 0.2) is 61.4 Å². The quantitative estimate of drug-likeness (QED) is 0.286. The van der Waals surface area contributed by atoms with E-state index in [-0.39, 0.29) is 5.69 Å². The van der Waals surface area contributed by atoms with Gasteiger partial charge in [0.15, 0.2) is 0 Å². The van der Waals surface area contributed by atoms with Crippen molar-refractivity contribution >= 4 is 11.4 Å². The van der Waals surface area contributed by atoms with Gasteiger partial charge in [-0.05, 0) is 32.0 Å². The first-order chi connectivity index (χ1) is 15.3. The molecule has 2 aromatic carbocycles. The lowest BCUT2D eigenvalue weighted by molar-refractivity contribution is -0.384. The number of rotatable bonds is 5. The minimum atomic E-state index is -0.453. The summed E-state index contributed by atoms with van der Waals surface area (Å²) in [5.41, 5.74) is 9.86. The number of ether oxygens (including phenoxy) is 2. The third-order valence-electron chi connectivity index (χ3n) is 4.56. The highest BCUT2D eigenvalue weighted by Crippen LogP contribution is 2.28. The molecule has 0 amide bonds. The number of nitrogen functional groups attached to an aromatic ring is 1. The van der Waals surface area contributed by atoms with E-state index in [0.717, 1.165) is 28.5 Å². The Hall–Kier alpha value is -4.34. The SMILES string of the molecule is COc1cc(N)ccc1-n1cnc(C)c1.COc1cc([N+](=O)[O-])ccc1-n1cnc(C)c1. The molecule has 0 saturated carbocycles. The molecule has 10 heteroatoms. The van der Waals surface area contributed by atoms with Crippen molar-refractivity contribution in [3.05, 3.63) is 82.9 Å². The molecule has 0 unspecified atom stereocenters. The van der Waals surface area contributed by atoms with Gasteiger partial charge in [-0.1, -0.05) is 0 Å². The van der Waals surface area contributed by atoms with Crippen LogP contribution in [0, 0.1) is 24.0 Å². The van der Waals surface area contributed by atoms with Crippen molar-refractivity contribution in [2.75, 3.05) is 20.0 Å². The second-order valence-electron chi connectivity index (χ2n) is 6.89. The van der Waals surface area contributed by atoms with Gasteiger partial charge in [-0.25, -0.2) is 9.97 Å². The van der Waals surface area contributed by atoms with Crippen molar-refractivity contribution in [2.24, 2.45) is 0 Å². The molecule has 166 valence electrons. The number of aromatic nitrogens is 4. The molecular weight excluding hydrogens is 412 g/mol. The number of nitrogens with two attached hydrogens (primary N) is 1. The van der Waals surface area contributed by atoms with Crippen molar-refractivity contribution in [1.29, 1.82) is 0 Å². The summed E-state index contributed by atoms with van der Waals surface area (Å²) in [6.07, 6.45) is 7.15. The third kappa shape index (κ3) is 5.04. The third-order valence-corrected chi connectivity index (χ3v) is 4.56. The van der Waals surface area contributed by atoms with Crippen LogP contribution in [0.5, 0.6) is 11.5 Å². The fraction of sp³-hybridized carbons (Fsp3) is 0.182. The van der Waals surface area contributed by atoms with Gasteiger partial charge >= 0.3 is 0 Å². The van der Waals surface area contributed by atoms with Crippen LogP contribution in [-0.2, 0) is 0 Å². The Morgan fingerprint density at radius 1 is 0.875 bits per heavy atom. The number of methoxy groups -OCH3 is 2. The minimum Gasteiger partial charge on any atom is -0.494 e. The highest BCUT2D eigenvalue weighted by molar-refractivity contribution is 5.56. The van der Waals surface area contributed by atoms with Crippen LogP contribution in [0.3, 0.4) is 0 Å². The zero-order valence-corrected chi connectivity index (χ0v) is 18.2. The van der Waals surface area contributed by atoms with Crippen LogP contribution >= 0.6 is 0 Å². The Balaban J connectivity index is 0.000000182. The first kappa shape index (κ1) is 22.3. The van der Waals surface area contributed by atoms with Crippen molar-refractivity contribution in [3.8, 4) is 22.9 Å². The lowest BCUT2D eigenvalue weighted by Crippen LogP contribution is -1.97. The Labute approximate surface area is 185 Å². The van der Waals surface area contributed by atoms with Gasteiger partial charge < -0.3 is 24.3 Å². The van der Waals surface area contributed by atoms with E-state index in [4.69, 9.17) is 15.2 Å². The van der Waals surface area contributed by atoms with E-state index in [2.05, 4.69) is 9.97 Å². The molecule has 0 aliphatic rings. The van der Waals surface area contributed by atoms with Gasteiger partial charge in [-0.3, -0.25) is 10.1 Å². The zero-order valence-electron chi connectivity index (χ0n) is 18.2. The maximum Gasteiger partial charge on any atom is 0.273 e. The van der Waals surface area contributed by atoms with E-state index >= 15 is 0 Å². The maximum atomic E-state index is 10.7. The molecule has 0 saturated heterocycles. The number of benzene rings is 2. The Morgan fingerprint density at radius 2 is 1.38 bits per heavy atom. The molecule has 32 heavy (non-hydrogen) atoms. The maximum absolute atomic E-state index is 10.7. The number of nitrogens with zero attached hydrogens (tertiary/aromatic N) is 5. The first-order valence-electron chi connectivity index (χ1n) is 9.60. The number of nitro groups is 1. The molecule has 2 heterocycles. The summed E-state index contributed by atoms with van der Waals surface area (Å²) >= 11 is 0. The molecule has 0 atom stereocenters. The summed E-state index contributed by atoms with van der Waals surface area (Å²) in [7, 11) is 3.11. The highest BCUT2D eigenvalue weighted by Gasteiger charge is 2.12. The predicted molar refractivity (Wildman–Crippen MR) is 121 cm³/mol. The number of anilines is 1. The van der Waals surface area contributed by atoms with E-state index < -0.39 is 4.92 Å². The van der Waals surface area contributed by atoms with E-state index in [1.165, 1.54) is 19.2 Å². The van der Waals surface area contributed by atoms with Crippen LogP contribution in [0.1, 0.15) is 11.4 Å². The van der Waals surface area contributed by atoms with Gasteiger partial charge in [0.05, 0.1) is 60.6 Å². The van der Waals surface area contributed by atoms with Crippen molar-refractivity contribution in [3.63, 3.8) is 0 Å². The summed E-state index contributed by atoms with van der Waals surface area (Å²) < 4.78 is 14.1. The van der Waals surface area contributed by atoms with E-state index in [1.807, 2.05) is 42.9 Å². The summed E-state index contributed by atoms with van der Waals surface area (Å²) in [5, 5.41) is 10.7. The Kier molecular flexibility index (Phi) is 6.74. The van der Waals surface area contributed by atoms with Gasteiger partial charge in [-0.2, -0.15) is 0 Å². The van der Waals surface area contributed by atoms with Gasteiger partial charge in [-0.15, -0.1) is 0 Å². The second-order valence-corrected chi connectivity index (χ2v) is 6.89. The number of nitro benzene ring substituents is 1. The Bertz CT molecular complexity index is 1230. The normalized spacial score (nSPS) is 10.2. The average Bonchev–Trinajstić information content (AvgIpc) is 3.41. The number of imidazole rings is 2. The fourth-order valence-electron chi connectivity index (χ4n) is 3.01. The lowest BCUT2D eigenvalue weighted by atomic mass is 10.2. The van der Waals surface area contributed by atoms with Crippen LogP contribution < -0.4 is 15.2 Å². The second kappa shape index (κ2) is 9.65. The molecule has 4 rings (SSSR count). The van der Waals surface area contributed by atoms with Crippen LogP contribution in [0.25, 0.3) is 11.4 Å². The van der Waals surface area contributed by atoms with E-state index in [9.17, 15) is 10.1 Å². The highest BCUT2D eigenvalue weighted by atomic mass is 16.6. The first-order valence-corrected chi connectivity index (χ1v) is 9.60. The molecule has 2 aromatic heterocycles. The minimum absolute atomic E-state index is 0.00226. The average molecular weight is 436 g/mol. The van der Waals surface area contributed by atoms with Crippen LogP contribution in [-0.4, -0.2) is 38.2 Å². The summed E-state index contributed by atoms with van der Waals surface area (Å²) in [5.74, 6) is 1.18. The van der Waals surface area contributed by atoms with Gasteiger partial charge in [0.1, 0.15) is 11.5 Å². The predicted octanol–water partition coefficient (Wildman–Crippen LogP) is 3.87. The number of hydrogen-bond acceptors (Lipinski definition) is 7. The fourth-order valence-corrected chi connectivity index (χ4v) is 3.01. The van der Waals surface area contributed by atoms with Crippen LogP contribution in [0.4, 0.5) is 11.4 Å². The zero-order chi connectivity index (χ0) is 23.3. The number of hydrogen-bond donors (Lipinski definition) is 1. The van der Waals surface area contributed by atoms with Crippen molar-refractivity contribution in [2.45, 2.75) is 13.8 Å². The molecule has 0 aliphatic heterocycles. The monoisotopic (exact) mass is 436 g/mol. The molecular formula is C22H24N6O4. The summed E-state index contributed by atoms with van der Waals surface area (Å²) in [4.78, 5) is 18.5. The van der Waals surface area contributed by atoms with Crippen molar-refractivity contribution in [1.82, 2.24) is 19.1 Å². The molecule has 0 aliphatic carbocycles. The largest absolute Gasteiger partial charge is 0.494 e. The molecule has 0 radical (unpaired) electrons.